The predicted octanol–water partition coefficient (Wildman–Crippen LogP) is 7.36. The number of nitrogens with zero attached hydrogens (tertiary/aromatic N) is 8. The molecule has 0 atom stereocenters. The molecule has 24 heteroatoms. The third kappa shape index (κ3) is 17.1. The van der Waals surface area contributed by atoms with Crippen molar-refractivity contribution >= 4 is 108 Å². The van der Waals surface area contributed by atoms with Crippen molar-refractivity contribution in [2.75, 3.05) is 96.7 Å². The number of carbonyl (C=O) groups is 3. The number of aliphatic hydroxyl groups is 1. The van der Waals surface area contributed by atoms with Crippen molar-refractivity contribution in [1.82, 2.24) is 28.7 Å². The number of para-hydroxylation sites is 6. The SMILES string of the molecule is COC(=O)c1ccc2c(c1)NCCC2.COCCn1c(Br)nc2ccccc21.COCCn1c(N2CCCc3ccc(C(=O)CO)cc32)nc2ccccc21.COCCn1c(N2CCCc3ccc(C(=O)OC)cc32)nc2ccccc21.Cl.NO.[Na+].[OH-]. The Bertz CT molecular complexity index is 3530. The number of carbonyl (C=O) groups excluding carboxylic acids is 3. The van der Waals surface area contributed by atoms with Crippen LogP contribution in [0.5, 0.6) is 0 Å². The van der Waals surface area contributed by atoms with Gasteiger partial charge in [0.05, 0.1) is 78.3 Å². The second-order valence-corrected chi connectivity index (χ2v) is 20.5. The van der Waals surface area contributed by atoms with Crippen LogP contribution < -0.4 is 50.6 Å². The molecule has 3 aromatic heterocycles. The van der Waals surface area contributed by atoms with Crippen molar-refractivity contribution in [2.24, 2.45) is 5.90 Å². The Morgan fingerprint density at radius 1 is 0.552 bits per heavy atom. The van der Waals surface area contributed by atoms with Crippen LogP contribution in [0.15, 0.2) is 132 Å². The van der Waals surface area contributed by atoms with Crippen LogP contribution in [0.1, 0.15) is 67.0 Å². The minimum Gasteiger partial charge on any atom is -0.870 e. The van der Waals surface area contributed by atoms with Gasteiger partial charge in [-0.1, -0.05) is 60.7 Å². The Morgan fingerprint density at radius 2 is 0.954 bits per heavy atom. The van der Waals surface area contributed by atoms with Gasteiger partial charge in [-0.25, -0.2) is 30.4 Å². The second-order valence-electron chi connectivity index (χ2n) is 19.8. The van der Waals surface area contributed by atoms with E-state index in [0.29, 0.717) is 43.1 Å². The molecule has 9 aromatic rings. The Balaban J connectivity index is 0.000000216. The largest absolute Gasteiger partial charge is 1.00 e. The van der Waals surface area contributed by atoms with Crippen LogP contribution in [-0.4, -0.2) is 144 Å². The van der Waals surface area contributed by atoms with E-state index in [1.807, 2.05) is 103 Å². The molecule has 6 heterocycles. The number of halogens is 2. The smallest absolute Gasteiger partial charge is 0.870 e. The minimum absolute atomic E-state index is 0. The van der Waals surface area contributed by atoms with Crippen molar-refractivity contribution < 1.29 is 83.4 Å². The molecule has 0 saturated heterocycles. The molecule has 6 aromatic carbocycles. The average Bonchev–Trinajstić information content (AvgIpc) is 2.19. The van der Waals surface area contributed by atoms with E-state index in [2.05, 4.69) is 78.6 Å². The number of nitrogens with one attached hydrogen (secondary N) is 1. The number of ketones is 1. The zero-order valence-corrected chi connectivity index (χ0v) is 54.4. The molecule has 0 fully saturated rings. The Labute approximate surface area is 542 Å². The van der Waals surface area contributed by atoms with Gasteiger partial charge in [0.25, 0.3) is 0 Å². The third-order valence-corrected chi connectivity index (χ3v) is 15.3. The normalized spacial score (nSPS) is 12.6. The number of esters is 2. The van der Waals surface area contributed by atoms with Crippen LogP contribution >= 0.6 is 28.3 Å². The van der Waals surface area contributed by atoms with Gasteiger partial charge in [-0.15, -0.1) is 12.4 Å². The van der Waals surface area contributed by atoms with Crippen molar-refractivity contribution in [2.45, 2.75) is 58.2 Å². The van der Waals surface area contributed by atoms with E-state index in [-0.39, 0.29) is 65.2 Å². The molecular weight excluding hydrogens is 1210 g/mol. The zero-order valence-electron chi connectivity index (χ0n) is 50.0. The number of ether oxygens (including phenoxy) is 5. The summed E-state index contributed by atoms with van der Waals surface area (Å²) < 4.78 is 32.5. The third-order valence-electron chi connectivity index (χ3n) is 14.7. The number of rotatable bonds is 15. The number of aromatic nitrogens is 6. The van der Waals surface area contributed by atoms with Crippen LogP contribution in [0.2, 0.25) is 0 Å². The molecule has 6 N–H and O–H groups in total. The van der Waals surface area contributed by atoms with Gasteiger partial charge in [0.15, 0.2) is 10.5 Å². The van der Waals surface area contributed by atoms with E-state index >= 15 is 0 Å². The molecule has 0 spiro atoms. The van der Waals surface area contributed by atoms with E-state index in [9.17, 15) is 19.5 Å². The summed E-state index contributed by atoms with van der Waals surface area (Å²) in [6.07, 6.45) is 6.27. The molecule has 458 valence electrons. The Hall–Kier alpha value is -6.77. The Kier molecular flexibility index (Phi) is 28.8. The number of anilines is 5. The number of aliphatic hydroxyl groups excluding tert-OH is 1. The fourth-order valence-electron chi connectivity index (χ4n) is 10.6. The molecule has 0 aliphatic carbocycles. The molecule has 0 saturated carbocycles. The van der Waals surface area contributed by atoms with Gasteiger partial charge in [-0.05, 0) is 138 Å². The summed E-state index contributed by atoms with van der Waals surface area (Å²) in [6.45, 7) is 6.32. The van der Waals surface area contributed by atoms with Crippen molar-refractivity contribution in [3.8, 4) is 0 Å². The maximum Gasteiger partial charge on any atom is 1.00 e. The summed E-state index contributed by atoms with van der Waals surface area (Å²) in [5.74, 6) is 4.38. The maximum atomic E-state index is 12.0. The average molecular weight is 1290 g/mol. The molecule has 3 aliphatic heterocycles. The minimum atomic E-state index is -0.481. The predicted molar refractivity (Wildman–Crippen MR) is 339 cm³/mol. The molecular formula is C63H75BrClN10NaO11. The van der Waals surface area contributed by atoms with Gasteiger partial charge in [-0.3, -0.25) is 4.79 Å². The number of fused-ring (bicyclic) bond motifs is 6. The number of Topliss-reactive ketones (excluding diaryl/α,β-unsaturated/α-hetero) is 1. The molecule has 87 heavy (non-hydrogen) atoms. The summed E-state index contributed by atoms with van der Waals surface area (Å²) in [5, 5.41) is 19.0. The zero-order chi connectivity index (χ0) is 59.5. The summed E-state index contributed by atoms with van der Waals surface area (Å²) in [6, 6.07) is 41.4. The van der Waals surface area contributed by atoms with E-state index in [0.717, 1.165) is 138 Å². The van der Waals surface area contributed by atoms with Crippen LogP contribution in [0.4, 0.5) is 29.0 Å². The van der Waals surface area contributed by atoms with Crippen molar-refractivity contribution in [3.05, 3.63) is 166 Å². The summed E-state index contributed by atoms with van der Waals surface area (Å²) in [5.41, 5.74) is 14.7. The Morgan fingerprint density at radius 3 is 1.43 bits per heavy atom. The molecule has 3 aliphatic rings. The molecule has 0 bridgehead atoms. The van der Waals surface area contributed by atoms with Gasteiger partial charge in [0.1, 0.15) is 6.61 Å². The van der Waals surface area contributed by atoms with Crippen LogP contribution in [0.3, 0.4) is 0 Å². The quantitative estimate of drug-likeness (QED) is 0.0338. The monoisotopic (exact) mass is 1280 g/mol. The number of aryl methyl sites for hydroxylation is 3. The summed E-state index contributed by atoms with van der Waals surface area (Å²) in [4.78, 5) is 53.8. The van der Waals surface area contributed by atoms with Gasteiger partial charge >= 0.3 is 41.5 Å². The van der Waals surface area contributed by atoms with Crippen molar-refractivity contribution in [1.29, 1.82) is 0 Å². The second kappa shape index (κ2) is 35.3. The first-order valence-electron chi connectivity index (χ1n) is 27.8. The fraction of sp³-hybridized carbons (Fsp3) is 0.333. The summed E-state index contributed by atoms with van der Waals surface area (Å²) >= 11 is 3.44. The van der Waals surface area contributed by atoms with Crippen molar-refractivity contribution in [3.63, 3.8) is 0 Å². The van der Waals surface area contributed by atoms with Gasteiger partial charge in [-0.2, -0.15) is 0 Å². The number of methoxy groups -OCH3 is 5. The van der Waals surface area contributed by atoms with Gasteiger partial charge < -0.3 is 68.3 Å². The first kappa shape index (κ1) is 71.0. The van der Waals surface area contributed by atoms with Gasteiger partial charge in [0.2, 0.25) is 11.9 Å². The number of imidazole rings is 3. The van der Waals surface area contributed by atoms with E-state index in [4.69, 9.17) is 34.1 Å². The molecule has 0 amide bonds. The van der Waals surface area contributed by atoms with Crippen LogP contribution in [0.25, 0.3) is 33.1 Å². The number of hydrogen-bond acceptors (Lipinski definition) is 18. The van der Waals surface area contributed by atoms with Gasteiger partial charge in [0, 0.05) is 83.2 Å². The summed E-state index contributed by atoms with van der Waals surface area (Å²) in [7, 11) is 7.91. The molecule has 21 nitrogen and oxygen atoms in total. The fourth-order valence-corrected chi connectivity index (χ4v) is 11.1. The first-order chi connectivity index (χ1) is 41.1. The van der Waals surface area contributed by atoms with E-state index in [1.54, 1.807) is 27.4 Å². The first-order valence-corrected chi connectivity index (χ1v) is 28.6. The standard InChI is InChI=1S/2C21H23N3O3.C11H13NO2.C10H11BrN2O.ClH.H3NO.Na.H2O/c1-26-13-12-24-18-8-4-3-7-17(18)22-21(24)23-11-5-6-15-9-10-16(14-19(15)23)20(25)27-2;1-27-12-11-24-18-7-3-2-6-17(18)22-21(24)23-10-4-5-15-8-9-16(13-19(15)23)20(26)14-25;1-14-11(13)9-5-4-8-3-2-6-12-10(8)7-9;1-14-7-6-13-9-5-3-2-4-8(9)12-10(13)11;;1-2;;/h3-4,7-10,14H,5-6,11-13H2,1-2H3;2-3,6-9,13,25H,4-5,10-12,14H2,1H3;4-5,7,12H,2-3,6H2,1H3;2-5H,6-7H2,1H3;1H;2H,1H2;;1H2/q;;;;;;+1;/p-1. The van der Waals surface area contributed by atoms with Crippen LogP contribution in [-0.2, 0) is 62.6 Å². The topological polar surface area (TPSA) is 266 Å². The molecule has 0 unspecified atom stereocenters. The number of nitrogens with two attached hydrogens (primary N) is 1. The van der Waals surface area contributed by atoms with E-state index in [1.165, 1.54) is 30.9 Å². The van der Waals surface area contributed by atoms with E-state index < -0.39 is 6.61 Å². The maximum absolute atomic E-state index is 12.0. The number of benzene rings is 6. The van der Waals surface area contributed by atoms with Crippen LogP contribution in [0, 0.1) is 0 Å². The number of hydrogen-bond donors (Lipinski definition) is 4. The molecule has 12 rings (SSSR count). The molecule has 0 radical (unpaired) electrons.